The van der Waals surface area contributed by atoms with Crippen LogP contribution in [0.2, 0.25) is 5.02 Å². The first-order chi connectivity index (χ1) is 14.9. The van der Waals surface area contributed by atoms with Crippen molar-refractivity contribution in [3.63, 3.8) is 0 Å². The summed E-state index contributed by atoms with van der Waals surface area (Å²) in [6, 6.07) is 21.6. The zero-order chi connectivity index (χ0) is 22.0. The molecule has 1 heterocycles. The quantitative estimate of drug-likeness (QED) is 0.189. The van der Waals surface area contributed by atoms with Crippen LogP contribution in [0.4, 0.5) is 5.69 Å². The first-order valence-electron chi connectivity index (χ1n) is 9.34. The van der Waals surface area contributed by atoms with Gasteiger partial charge >= 0.3 is 0 Å². The summed E-state index contributed by atoms with van der Waals surface area (Å²) in [6.45, 7) is 2.00. The second-order valence-electron chi connectivity index (χ2n) is 6.85. The van der Waals surface area contributed by atoms with Gasteiger partial charge in [0.15, 0.2) is 5.76 Å². The molecule has 4 aromatic rings. The summed E-state index contributed by atoms with van der Waals surface area (Å²) in [4.78, 5) is 23.1. The zero-order valence-electron chi connectivity index (χ0n) is 16.4. The molecule has 0 fully saturated rings. The molecule has 0 bridgehead atoms. The standard InChI is InChI=1S/C24H16ClNO5/c1-15-2-7-18(8-3-15)30-19-9-4-16(5-10-19)24(27)23-13-12-22(31-23)20-11-6-17(26(28)29)14-21(20)25/h2-14H,1H3. The van der Waals surface area contributed by atoms with Gasteiger partial charge in [-0.15, -0.1) is 0 Å². The average Bonchev–Trinajstić information content (AvgIpc) is 3.25. The maximum absolute atomic E-state index is 12.8. The normalized spacial score (nSPS) is 10.6. The van der Waals surface area contributed by atoms with Crippen LogP contribution in [0.5, 0.6) is 11.5 Å². The number of ketones is 1. The minimum Gasteiger partial charge on any atom is -0.457 e. The van der Waals surface area contributed by atoms with Crippen LogP contribution in [-0.2, 0) is 0 Å². The van der Waals surface area contributed by atoms with E-state index in [-0.39, 0.29) is 22.3 Å². The first kappa shape index (κ1) is 20.4. The Morgan fingerprint density at radius 2 is 1.58 bits per heavy atom. The second-order valence-corrected chi connectivity index (χ2v) is 7.26. The number of nitro groups is 1. The summed E-state index contributed by atoms with van der Waals surface area (Å²) in [6.07, 6.45) is 0. The fraction of sp³-hybridized carbons (Fsp3) is 0.0417. The van der Waals surface area contributed by atoms with Crippen molar-refractivity contribution in [2.24, 2.45) is 0 Å². The molecule has 4 rings (SSSR count). The highest BCUT2D eigenvalue weighted by Gasteiger charge is 2.17. The van der Waals surface area contributed by atoms with E-state index in [1.54, 1.807) is 36.4 Å². The molecule has 0 amide bonds. The number of aryl methyl sites for hydroxylation is 1. The van der Waals surface area contributed by atoms with Gasteiger partial charge in [-0.2, -0.15) is 0 Å². The van der Waals surface area contributed by atoms with E-state index in [1.807, 2.05) is 31.2 Å². The number of ether oxygens (including phenoxy) is 1. The van der Waals surface area contributed by atoms with E-state index in [4.69, 9.17) is 20.8 Å². The minimum atomic E-state index is -0.529. The number of halogens is 1. The molecular formula is C24H16ClNO5. The van der Waals surface area contributed by atoms with Crippen molar-refractivity contribution in [2.75, 3.05) is 0 Å². The van der Waals surface area contributed by atoms with Crippen LogP contribution in [0.3, 0.4) is 0 Å². The zero-order valence-corrected chi connectivity index (χ0v) is 17.1. The number of carbonyl (C=O) groups is 1. The summed E-state index contributed by atoms with van der Waals surface area (Å²) >= 11 is 6.14. The van der Waals surface area contributed by atoms with Crippen molar-refractivity contribution in [3.8, 4) is 22.8 Å². The van der Waals surface area contributed by atoms with E-state index in [0.29, 0.717) is 28.4 Å². The number of benzene rings is 3. The number of furan rings is 1. The maximum Gasteiger partial charge on any atom is 0.270 e. The predicted molar refractivity (Wildman–Crippen MR) is 117 cm³/mol. The molecule has 0 atom stereocenters. The van der Waals surface area contributed by atoms with Gasteiger partial charge in [-0.1, -0.05) is 29.3 Å². The summed E-state index contributed by atoms with van der Waals surface area (Å²) < 4.78 is 11.4. The van der Waals surface area contributed by atoms with Crippen molar-refractivity contribution in [1.29, 1.82) is 0 Å². The Balaban J connectivity index is 1.51. The Bertz CT molecular complexity index is 1260. The molecule has 0 aliphatic carbocycles. The molecular weight excluding hydrogens is 418 g/mol. The summed E-state index contributed by atoms with van der Waals surface area (Å²) in [7, 11) is 0. The number of carbonyl (C=O) groups excluding carboxylic acids is 1. The Kier molecular flexibility index (Phi) is 5.56. The van der Waals surface area contributed by atoms with Gasteiger partial charge in [0.25, 0.3) is 5.69 Å². The fourth-order valence-corrected chi connectivity index (χ4v) is 3.25. The highest BCUT2D eigenvalue weighted by atomic mass is 35.5. The van der Waals surface area contributed by atoms with E-state index in [1.165, 1.54) is 18.2 Å². The van der Waals surface area contributed by atoms with Gasteiger partial charge < -0.3 is 9.15 Å². The van der Waals surface area contributed by atoms with Crippen molar-refractivity contribution < 1.29 is 18.9 Å². The van der Waals surface area contributed by atoms with Gasteiger partial charge in [-0.25, -0.2) is 0 Å². The molecule has 0 N–H and O–H groups in total. The molecule has 1 aromatic heterocycles. The lowest BCUT2D eigenvalue weighted by Crippen LogP contribution is -1.99. The Hall–Kier alpha value is -3.90. The smallest absolute Gasteiger partial charge is 0.270 e. The van der Waals surface area contributed by atoms with Crippen molar-refractivity contribution in [2.45, 2.75) is 6.92 Å². The Labute approximate surface area is 182 Å². The number of nitro benzene ring substituents is 1. The van der Waals surface area contributed by atoms with Crippen LogP contribution >= 0.6 is 11.6 Å². The maximum atomic E-state index is 12.8. The molecule has 0 spiro atoms. The molecule has 154 valence electrons. The van der Waals surface area contributed by atoms with Gasteiger partial charge in [0, 0.05) is 23.3 Å². The number of rotatable bonds is 6. The lowest BCUT2D eigenvalue weighted by atomic mass is 10.1. The van der Waals surface area contributed by atoms with Crippen LogP contribution in [0.15, 0.2) is 83.3 Å². The minimum absolute atomic E-state index is 0.121. The molecule has 0 saturated carbocycles. The SMILES string of the molecule is Cc1ccc(Oc2ccc(C(=O)c3ccc(-c4ccc([N+](=O)[O-])cc4Cl)o3)cc2)cc1. The van der Waals surface area contributed by atoms with Crippen LogP contribution in [0.25, 0.3) is 11.3 Å². The van der Waals surface area contributed by atoms with Crippen LogP contribution in [-0.4, -0.2) is 10.7 Å². The van der Waals surface area contributed by atoms with E-state index in [9.17, 15) is 14.9 Å². The summed E-state index contributed by atoms with van der Waals surface area (Å²) in [5.41, 5.74) is 1.92. The van der Waals surface area contributed by atoms with Gasteiger partial charge in [-0.3, -0.25) is 14.9 Å². The number of hydrogen-bond acceptors (Lipinski definition) is 5. The van der Waals surface area contributed by atoms with Gasteiger partial charge in [0.05, 0.1) is 9.95 Å². The molecule has 3 aromatic carbocycles. The van der Waals surface area contributed by atoms with Crippen LogP contribution in [0, 0.1) is 17.0 Å². The topological polar surface area (TPSA) is 82.6 Å². The lowest BCUT2D eigenvalue weighted by molar-refractivity contribution is -0.384. The largest absolute Gasteiger partial charge is 0.457 e. The number of nitrogens with zero attached hydrogens (tertiary/aromatic N) is 1. The molecule has 0 radical (unpaired) electrons. The Morgan fingerprint density at radius 1 is 0.935 bits per heavy atom. The van der Waals surface area contributed by atoms with Gasteiger partial charge in [0.1, 0.15) is 17.3 Å². The number of non-ortho nitro benzene ring substituents is 1. The molecule has 31 heavy (non-hydrogen) atoms. The van der Waals surface area contributed by atoms with Crippen molar-refractivity contribution in [3.05, 3.63) is 111 Å². The summed E-state index contributed by atoms with van der Waals surface area (Å²) in [5.74, 6) is 1.50. The van der Waals surface area contributed by atoms with Crippen LogP contribution < -0.4 is 4.74 Å². The van der Waals surface area contributed by atoms with E-state index >= 15 is 0 Å². The fourth-order valence-electron chi connectivity index (χ4n) is 2.98. The molecule has 6 nitrogen and oxygen atoms in total. The highest BCUT2D eigenvalue weighted by Crippen LogP contribution is 2.33. The molecule has 0 aliphatic heterocycles. The molecule has 0 aliphatic rings. The van der Waals surface area contributed by atoms with E-state index in [2.05, 4.69) is 0 Å². The number of hydrogen-bond donors (Lipinski definition) is 0. The molecule has 7 heteroatoms. The van der Waals surface area contributed by atoms with Crippen LogP contribution in [0.1, 0.15) is 21.7 Å². The third-order valence-electron chi connectivity index (χ3n) is 4.63. The van der Waals surface area contributed by atoms with E-state index < -0.39 is 4.92 Å². The lowest BCUT2D eigenvalue weighted by Gasteiger charge is -2.06. The van der Waals surface area contributed by atoms with E-state index in [0.717, 1.165) is 5.56 Å². The molecule has 0 saturated heterocycles. The summed E-state index contributed by atoms with van der Waals surface area (Å²) in [5, 5.41) is 11.0. The molecule has 0 unspecified atom stereocenters. The Morgan fingerprint density at radius 3 is 2.19 bits per heavy atom. The predicted octanol–water partition coefficient (Wildman–Crippen LogP) is 6.84. The van der Waals surface area contributed by atoms with Gasteiger partial charge in [0.2, 0.25) is 5.78 Å². The highest BCUT2D eigenvalue weighted by molar-refractivity contribution is 6.33. The second kappa shape index (κ2) is 8.45. The van der Waals surface area contributed by atoms with Crippen molar-refractivity contribution in [1.82, 2.24) is 0 Å². The van der Waals surface area contributed by atoms with Gasteiger partial charge in [-0.05, 0) is 61.5 Å². The third kappa shape index (κ3) is 4.49. The third-order valence-corrected chi connectivity index (χ3v) is 4.94. The first-order valence-corrected chi connectivity index (χ1v) is 9.72. The van der Waals surface area contributed by atoms with Crippen molar-refractivity contribution >= 4 is 23.1 Å². The monoisotopic (exact) mass is 433 g/mol. The average molecular weight is 434 g/mol.